The molecule has 0 saturated carbocycles. The van der Waals surface area contributed by atoms with Crippen molar-refractivity contribution in [2.75, 3.05) is 39.6 Å². The molecule has 0 spiro atoms. The van der Waals surface area contributed by atoms with E-state index in [-0.39, 0.29) is 54.5 Å². The van der Waals surface area contributed by atoms with Gasteiger partial charge in [0.05, 0.1) is 12.7 Å². The fraction of sp³-hybridized carbons (Fsp3) is 0.571. The Balaban J connectivity index is 0. The average Bonchev–Trinajstić information content (AvgIpc) is 3.63. The topological polar surface area (TPSA) is 192 Å². The number of carbonyl (C=O) groups is 4. The first kappa shape index (κ1) is 52.6. The van der Waals surface area contributed by atoms with Gasteiger partial charge in [0.2, 0.25) is 11.8 Å². The van der Waals surface area contributed by atoms with Gasteiger partial charge >= 0.3 is 5.69 Å². The molecule has 1 aliphatic carbocycles. The molecule has 5 N–H and O–H groups in total. The van der Waals surface area contributed by atoms with Crippen LogP contribution < -0.4 is 22.1 Å². The molecule has 2 unspecified atom stereocenters. The molecule has 2 aliphatic rings. The van der Waals surface area contributed by atoms with Crippen molar-refractivity contribution in [3.63, 3.8) is 0 Å². The highest BCUT2D eigenvalue weighted by Crippen LogP contribution is 2.44. The zero-order valence-electron chi connectivity index (χ0n) is 35.8. The number of nitrogen functional groups attached to an aromatic ring is 1. The van der Waals surface area contributed by atoms with E-state index < -0.39 is 28.7 Å². The van der Waals surface area contributed by atoms with E-state index in [4.69, 9.17) is 20.3 Å². The lowest BCUT2D eigenvalue weighted by molar-refractivity contribution is -0.131. The largest absolute Gasteiger partial charge is 0.400 e. The number of nitrogens with two attached hydrogens (primary N) is 1. The molecule has 1 fully saturated rings. The number of anilines is 1. The van der Waals surface area contributed by atoms with Crippen LogP contribution in [0.2, 0.25) is 0 Å². The number of methoxy groups -OCH3 is 1. The van der Waals surface area contributed by atoms with Gasteiger partial charge in [0.25, 0.3) is 0 Å². The minimum Gasteiger partial charge on any atom is -0.400 e. The number of aliphatic hydroxyl groups excluding tert-OH is 1. The highest BCUT2D eigenvalue weighted by molar-refractivity contribution is 6.27. The number of rotatable bonds is 14. The Labute approximate surface area is 329 Å². The predicted octanol–water partition coefficient (Wildman–Crippen LogP) is 6.05. The van der Waals surface area contributed by atoms with Crippen molar-refractivity contribution in [3.8, 4) is 0 Å². The van der Waals surface area contributed by atoms with Crippen LogP contribution in [0.3, 0.4) is 0 Å². The van der Waals surface area contributed by atoms with Gasteiger partial charge in [-0.05, 0) is 44.6 Å². The summed E-state index contributed by atoms with van der Waals surface area (Å²) in [6, 6.07) is 0. The number of hydrogen-bond acceptors (Lipinski definition) is 10. The van der Waals surface area contributed by atoms with Gasteiger partial charge in [-0.15, -0.1) is 0 Å². The van der Waals surface area contributed by atoms with Crippen molar-refractivity contribution in [1.29, 1.82) is 0 Å². The Hall–Kier alpha value is -4.46. The number of aromatic nitrogens is 2. The maximum absolute atomic E-state index is 13.5. The molecule has 310 valence electrons. The fourth-order valence-electron chi connectivity index (χ4n) is 6.34. The first-order valence-corrected chi connectivity index (χ1v) is 19.1. The quantitative estimate of drug-likeness (QED) is 0.0984. The minimum absolute atomic E-state index is 0.0145. The predicted molar refractivity (Wildman–Crippen MR) is 222 cm³/mol. The Morgan fingerprint density at radius 1 is 1.00 bits per heavy atom. The Morgan fingerprint density at radius 3 is 2.13 bits per heavy atom. The van der Waals surface area contributed by atoms with E-state index in [0.717, 1.165) is 13.5 Å². The molecule has 2 heterocycles. The third-order valence-electron chi connectivity index (χ3n) is 8.32. The molecular formula is C42H69N5O8. The van der Waals surface area contributed by atoms with Gasteiger partial charge in [-0.3, -0.25) is 23.7 Å². The van der Waals surface area contributed by atoms with Gasteiger partial charge in [0.1, 0.15) is 12.0 Å². The summed E-state index contributed by atoms with van der Waals surface area (Å²) in [6.07, 6.45) is 10.00. The molecule has 0 aromatic carbocycles. The van der Waals surface area contributed by atoms with Crippen molar-refractivity contribution in [3.05, 3.63) is 75.4 Å². The highest BCUT2D eigenvalue weighted by Gasteiger charge is 2.43. The molecule has 1 aliphatic heterocycles. The Kier molecular flexibility index (Phi) is 25.2. The van der Waals surface area contributed by atoms with Crippen LogP contribution in [0.5, 0.6) is 0 Å². The summed E-state index contributed by atoms with van der Waals surface area (Å²) in [4.78, 5) is 68.7. The van der Waals surface area contributed by atoms with Crippen molar-refractivity contribution >= 4 is 35.3 Å². The third kappa shape index (κ3) is 14.9. The van der Waals surface area contributed by atoms with E-state index in [1.54, 1.807) is 47.0 Å². The average molecular weight is 772 g/mol. The van der Waals surface area contributed by atoms with Crippen molar-refractivity contribution in [2.24, 2.45) is 10.8 Å². The fourth-order valence-corrected chi connectivity index (χ4v) is 6.34. The van der Waals surface area contributed by atoms with Gasteiger partial charge in [0.15, 0.2) is 11.6 Å². The molecule has 55 heavy (non-hydrogen) atoms. The molecule has 13 heteroatoms. The molecule has 1 saturated heterocycles. The Bertz CT molecular complexity index is 1620. The number of ether oxygens (including phenoxy) is 2. The number of allylic oxidation sites excluding steroid dienone is 7. The number of amides is 2. The third-order valence-corrected chi connectivity index (χ3v) is 8.32. The van der Waals surface area contributed by atoms with E-state index in [1.807, 2.05) is 55.4 Å². The second-order valence-electron chi connectivity index (χ2n) is 13.0. The lowest BCUT2D eigenvalue weighted by atomic mass is 9.65. The van der Waals surface area contributed by atoms with Gasteiger partial charge in [-0.1, -0.05) is 94.0 Å². The van der Waals surface area contributed by atoms with Gasteiger partial charge in [0, 0.05) is 72.9 Å². The molecule has 0 radical (unpaired) electrons. The van der Waals surface area contributed by atoms with E-state index in [9.17, 15) is 24.0 Å². The van der Waals surface area contributed by atoms with Gasteiger partial charge < -0.3 is 30.9 Å². The molecule has 13 nitrogen and oxygen atoms in total. The molecule has 2 amide bonds. The SMILES string of the molecule is C=CC1=C(/C=C\C)C(=O)C(C)=C(C(C)(C)CC(C)(C)C(=O)NCCNC(=O)/C=C/c2cn(C3CCC(COC)O3)c(=O)nc2N)C1=O.CC.CC.CC.CO. The summed E-state index contributed by atoms with van der Waals surface area (Å²) in [6.45, 7) is 27.2. The summed E-state index contributed by atoms with van der Waals surface area (Å²) in [5.41, 5.74) is 5.37. The van der Waals surface area contributed by atoms with Gasteiger partial charge in [-0.2, -0.15) is 4.98 Å². The van der Waals surface area contributed by atoms with Crippen molar-refractivity contribution in [2.45, 2.75) is 115 Å². The van der Waals surface area contributed by atoms with Crippen LogP contribution in [-0.4, -0.2) is 78.1 Å². The molecule has 1 aromatic heterocycles. The monoisotopic (exact) mass is 772 g/mol. The number of carbonyl (C=O) groups excluding carboxylic acids is 4. The zero-order valence-corrected chi connectivity index (χ0v) is 35.8. The van der Waals surface area contributed by atoms with Gasteiger partial charge in [-0.25, -0.2) is 4.79 Å². The number of aliphatic hydroxyl groups is 1. The van der Waals surface area contributed by atoms with E-state index in [2.05, 4.69) is 22.2 Å². The van der Waals surface area contributed by atoms with E-state index in [0.29, 0.717) is 35.3 Å². The molecule has 2 atom stereocenters. The molecule has 0 bridgehead atoms. The Morgan fingerprint density at radius 2 is 1.58 bits per heavy atom. The summed E-state index contributed by atoms with van der Waals surface area (Å²) < 4.78 is 12.4. The minimum atomic E-state index is -0.911. The lowest BCUT2D eigenvalue weighted by Gasteiger charge is -2.37. The van der Waals surface area contributed by atoms with Crippen LogP contribution >= 0.6 is 0 Å². The van der Waals surface area contributed by atoms with Crippen LogP contribution in [0.25, 0.3) is 6.08 Å². The maximum Gasteiger partial charge on any atom is 0.351 e. The number of Topliss-reactive ketones (excluding diaryl/α,β-unsaturated/α-hetero) is 2. The van der Waals surface area contributed by atoms with Crippen LogP contribution in [0.15, 0.2) is 64.2 Å². The standard InChI is InChI=1S/C35H47N5O7.3C2H6.CH4O/c1-9-11-25-24(10-2)30(43)28(21(3)29(25)42)34(4,5)20-35(6,7)32(44)38-17-16-37-26(41)14-12-22-18-40(33(45)39-31(22)36)27-15-13-23(47-27)19-46-8;4*1-2/h9-12,14,18,23,27H,2,13,15-17,19-20H2,1,3-8H3,(H,37,41)(H,38,44)(H2,36,39,45);3*1-2H3;2H,1H3/b11-9-,14-12+;;;;. The van der Waals surface area contributed by atoms with Crippen LogP contribution in [-0.2, 0) is 28.7 Å². The number of hydrogen-bond donors (Lipinski definition) is 4. The summed E-state index contributed by atoms with van der Waals surface area (Å²) >= 11 is 0. The van der Waals surface area contributed by atoms with Crippen LogP contribution in [0.1, 0.15) is 114 Å². The van der Waals surface area contributed by atoms with Crippen LogP contribution in [0.4, 0.5) is 5.82 Å². The van der Waals surface area contributed by atoms with E-state index >= 15 is 0 Å². The molecule has 3 rings (SSSR count). The number of nitrogens with one attached hydrogen (secondary N) is 2. The number of ketones is 2. The normalized spacial score (nSPS) is 16.9. The van der Waals surface area contributed by atoms with E-state index in [1.165, 1.54) is 29.0 Å². The summed E-state index contributed by atoms with van der Waals surface area (Å²) in [7, 11) is 2.58. The molecule has 1 aromatic rings. The zero-order chi connectivity index (χ0) is 43.1. The second kappa shape index (κ2) is 26.4. The second-order valence-corrected chi connectivity index (χ2v) is 13.0. The summed E-state index contributed by atoms with van der Waals surface area (Å²) in [5, 5.41) is 12.6. The number of nitrogens with zero attached hydrogens (tertiary/aromatic N) is 2. The van der Waals surface area contributed by atoms with Crippen molar-refractivity contribution < 1.29 is 33.8 Å². The highest BCUT2D eigenvalue weighted by atomic mass is 16.5. The maximum atomic E-state index is 13.5. The smallest absolute Gasteiger partial charge is 0.351 e. The first-order chi connectivity index (χ1) is 26.1. The summed E-state index contributed by atoms with van der Waals surface area (Å²) in [5.74, 6) is -1.20. The lowest BCUT2D eigenvalue weighted by Crippen LogP contribution is -2.44. The van der Waals surface area contributed by atoms with Crippen molar-refractivity contribution in [1.82, 2.24) is 20.2 Å². The molecular weight excluding hydrogens is 702 g/mol. The first-order valence-electron chi connectivity index (χ1n) is 19.1. The van der Waals surface area contributed by atoms with Crippen LogP contribution in [0, 0.1) is 10.8 Å².